The van der Waals surface area contributed by atoms with Crippen molar-refractivity contribution >= 4 is 10.0 Å². The molecule has 7 nitrogen and oxygen atoms in total. The van der Waals surface area contributed by atoms with Gasteiger partial charge in [-0.15, -0.1) is 0 Å². The molecule has 8 heteroatoms. The Morgan fingerprint density at radius 1 is 1.14 bits per heavy atom. The number of aromatic nitrogens is 2. The van der Waals surface area contributed by atoms with E-state index in [2.05, 4.69) is 9.97 Å². The maximum Gasteiger partial charge on any atom is 0.262 e. The summed E-state index contributed by atoms with van der Waals surface area (Å²) in [4.78, 5) is 7.74. The van der Waals surface area contributed by atoms with Gasteiger partial charge in [0, 0.05) is 30.9 Å². The van der Waals surface area contributed by atoms with E-state index in [0.29, 0.717) is 26.3 Å². The van der Waals surface area contributed by atoms with Crippen molar-refractivity contribution in [3.05, 3.63) is 18.6 Å². The molecule has 1 aromatic heterocycles. The molecule has 2 aliphatic rings. The van der Waals surface area contributed by atoms with E-state index in [-0.39, 0.29) is 10.4 Å². The van der Waals surface area contributed by atoms with Crippen LogP contribution in [0.25, 0.3) is 0 Å². The quantitative estimate of drug-likeness (QED) is 0.807. The molecule has 3 heterocycles. The smallest absolute Gasteiger partial charge is 0.262 e. The molecular weight excluding hydrogens is 306 g/mol. The molecule has 1 spiro atoms. The van der Waals surface area contributed by atoms with E-state index in [1.807, 2.05) is 13.8 Å². The first-order valence-electron chi connectivity index (χ1n) is 7.37. The maximum absolute atomic E-state index is 12.5. The van der Waals surface area contributed by atoms with Crippen LogP contribution in [0.5, 0.6) is 0 Å². The van der Waals surface area contributed by atoms with Crippen molar-refractivity contribution in [1.82, 2.24) is 14.3 Å². The number of hydrogen-bond acceptors (Lipinski definition) is 6. The summed E-state index contributed by atoms with van der Waals surface area (Å²) in [5.74, 6) is -0.548. The van der Waals surface area contributed by atoms with Crippen molar-refractivity contribution in [1.29, 1.82) is 0 Å². The third-order valence-corrected chi connectivity index (χ3v) is 6.16. The zero-order valence-corrected chi connectivity index (χ0v) is 13.7. The van der Waals surface area contributed by atoms with Crippen LogP contribution in [0.3, 0.4) is 0 Å². The molecule has 22 heavy (non-hydrogen) atoms. The van der Waals surface area contributed by atoms with Crippen molar-refractivity contribution in [3.63, 3.8) is 0 Å². The minimum Gasteiger partial charge on any atom is -0.350 e. The molecule has 0 N–H and O–H groups in total. The van der Waals surface area contributed by atoms with Gasteiger partial charge in [0.2, 0.25) is 0 Å². The highest BCUT2D eigenvalue weighted by Crippen LogP contribution is 2.39. The molecule has 0 saturated carbocycles. The Labute approximate surface area is 130 Å². The molecule has 0 radical (unpaired) electrons. The second kappa shape index (κ2) is 5.52. The van der Waals surface area contributed by atoms with Crippen LogP contribution in [0.15, 0.2) is 23.6 Å². The van der Waals surface area contributed by atoms with Gasteiger partial charge < -0.3 is 9.47 Å². The SMILES string of the molecule is CC1(C)OCC2(CCN(S(=O)(=O)c3cnccn3)CC2)CO1. The average molecular weight is 327 g/mol. The molecule has 0 bridgehead atoms. The van der Waals surface area contributed by atoms with Gasteiger partial charge in [0.1, 0.15) is 0 Å². The van der Waals surface area contributed by atoms with Gasteiger partial charge in [-0.2, -0.15) is 4.31 Å². The average Bonchev–Trinajstić information content (AvgIpc) is 2.52. The van der Waals surface area contributed by atoms with Crippen LogP contribution in [0.2, 0.25) is 0 Å². The third-order valence-electron chi connectivity index (χ3n) is 4.38. The van der Waals surface area contributed by atoms with Gasteiger partial charge in [-0.25, -0.2) is 13.4 Å². The third kappa shape index (κ3) is 3.01. The summed E-state index contributed by atoms with van der Waals surface area (Å²) in [5, 5.41) is 0.00299. The number of hydrogen-bond donors (Lipinski definition) is 0. The Morgan fingerprint density at radius 2 is 1.77 bits per heavy atom. The van der Waals surface area contributed by atoms with Gasteiger partial charge in [-0.1, -0.05) is 0 Å². The van der Waals surface area contributed by atoms with Crippen molar-refractivity contribution in [2.75, 3.05) is 26.3 Å². The molecule has 1 aromatic rings. The molecule has 3 rings (SSSR count). The second-order valence-electron chi connectivity index (χ2n) is 6.42. The number of nitrogens with zero attached hydrogens (tertiary/aromatic N) is 3. The molecule has 2 fully saturated rings. The highest BCUT2D eigenvalue weighted by atomic mass is 32.2. The Kier molecular flexibility index (Phi) is 3.96. The lowest BCUT2D eigenvalue weighted by Gasteiger charge is -2.47. The second-order valence-corrected chi connectivity index (χ2v) is 8.31. The largest absolute Gasteiger partial charge is 0.350 e. The van der Waals surface area contributed by atoms with Gasteiger partial charge in [0.05, 0.1) is 19.4 Å². The highest BCUT2D eigenvalue weighted by Gasteiger charge is 2.44. The number of piperidine rings is 1. The van der Waals surface area contributed by atoms with Gasteiger partial charge in [0.15, 0.2) is 10.8 Å². The summed E-state index contributed by atoms with van der Waals surface area (Å²) in [6.45, 7) is 5.91. The van der Waals surface area contributed by atoms with E-state index in [4.69, 9.17) is 9.47 Å². The van der Waals surface area contributed by atoms with Crippen LogP contribution < -0.4 is 0 Å². The predicted octanol–water partition coefficient (Wildman–Crippen LogP) is 1.03. The molecule has 2 saturated heterocycles. The zero-order valence-electron chi connectivity index (χ0n) is 12.9. The van der Waals surface area contributed by atoms with Crippen molar-refractivity contribution in [2.24, 2.45) is 5.41 Å². The summed E-state index contributed by atoms with van der Waals surface area (Å²) in [7, 11) is -3.56. The molecule has 0 atom stereocenters. The van der Waals surface area contributed by atoms with Crippen LogP contribution in [-0.4, -0.2) is 54.8 Å². The van der Waals surface area contributed by atoms with Gasteiger partial charge in [-0.05, 0) is 26.7 Å². The van der Waals surface area contributed by atoms with E-state index in [0.717, 1.165) is 12.8 Å². The van der Waals surface area contributed by atoms with Crippen LogP contribution in [0.4, 0.5) is 0 Å². The lowest BCUT2D eigenvalue weighted by Crippen LogP contribution is -2.52. The number of rotatable bonds is 2. The fourth-order valence-corrected chi connectivity index (χ4v) is 4.09. The molecule has 0 aliphatic carbocycles. The van der Waals surface area contributed by atoms with Gasteiger partial charge in [0.25, 0.3) is 10.0 Å². The molecule has 0 amide bonds. The summed E-state index contributed by atoms with van der Waals surface area (Å²) < 4.78 is 38.0. The zero-order chi connectivity index (χ0) is 15.8. The summed E-state index contributed by atoms with van der Waals surface area (Å²) >= 11 is 0. The first-order valence-corrected chi connectivity index (χ1v) is 8.81. The molecule has 2 aliphatic heterocycles. The van der Waals surface area contributed by atoms with Crippen LogP contribution >= 0.6 is 0 Å². The van der Waals surface area contributed by atoms with E-state index in [9.17, 15) is 8.42 Å². The predicted molar refractivity (Wildman–Crippen MR) is 78.4 cm³/mol. The normalized spacial score (nSPS) is 25.2. The lowest BCUT2D eigenvalue weighted by molar-refractivity contribution is -0.290. The van der Waals surface area contributed by atoms with Crippen LogP contribution in [0.1, 0.15) is 26.7 Å². The summed E-state index contributed by atoms with van der Waals surface area (Å²) in [6.07, 6.45) is 5.59. The first kappa shape index (κ1) is 15.8. The van der Waals surface area contributed by atoms with Crippen LogP contribution in [0, 0.1) is 5.41 Å². The molecule has 0 unspecified atom stereocenters. The fraction of sp³-hybridized carbons (Fsp3) is 0.714. The minimum atomic E-state index is -3.56. The molecule has 122 valence electrons. The monoisotopic (exact) mass is 327 g/mol. The standard InChI is InChI=1S/C14H21N3O4S/c1-13(2)20-10-14(11-21-13)3-7-17(8-4-14)22(18,19)12-9-15-5-6-16-12/h5-6,9H,3-4,7-8,10-11H2,1-2H3. The van der Waals surface area contributed by atoms with E-state index < -0.39 is 15.8 Å². The molecule has 0 aromatic carbocycles. The topological polar surface area (TPSA) is 81.6 Å². The minimum absolute atomic E-state index is 0.00299. The maximum atomic E-state index is 12.5. The fourth-order valence-electron chi connectivity index (χ4n) is 2.78. The first-order chi connectivity index (χ1) is 10.3. The molecular formula is C14H21N3O4S. The van der Waals surface area contributed by atoms with Gasteiger partial charge in [-0.3, -0.25) is 4.98 Å². The Hall–Kier alpha value is -1.09. The van der Waals surface area contributed by atoms with E-state index in [1.54, 1.807) is 0 Å². The Bertz CT molecular complexity index is 613. The lowest BCUT2D eigenvalue weighted by atomic mass is 9.80. The van der Waals surface area contributed by atoms with Crippen molar-refractivity contribution in [2.45, 2.75) is 37.5 Å². The van der Waals surface area contributed by atoms with Crippen LogP contribution in [-0.2, 0) is 19.5 Å². The number of ether oxygens (including phenoxy) is 2. The van der Waals surface area contributed by atoms with E-state index in [1.165, 1.54) is 22.9 Å². The summed E-state index contributed by atoms with van der Waals surface area (Å²) in [6, 6.07) is 0. The van der Waals surface area contributed by atoms with Crippen molar-refractivity contribution < 1.29 is 17.9 Å². The van der Waals surface area contributed by atoms with E-state index >= 15 is 0 Å². The summed E-state index contributed by atoms with van der Waals surface area (Å²) in [5.41, 5.74) is -0.0795. The Morgan fingerprint density at radius 3 is 2.32 bits per heavy atom. The van der Waals surface area contributed by atoms with Crippen molar-refractivity contribution in [3.8, 4) is 0 Å². The Balaban J connectivity index is 1.67. The van der Waals surface area contributed by atoms with Gasteiger partial charge >= 0.3 is 0 Å². The highest BCUT2D eigenvalue weighted by molar-refractivity contribution is 7.89. The number of sulfonamides is 1.